The van der Waals surface area contributed by atoms with Crippen LogP contribution < -0.4 is 21.3 Å². The third kappa shape index (κ3) is 11.0. The molecule has 0 aromatic heterocycles. The third-order valence-electron chi connectivity index (χ3n) is 8.58. The number of rotatable bonds is 15. The molecule has 4 N–H and O–H groups in total. The van der Waals surface area contributed by atoms with Crippen LogP contribution in [0.2, 0.25) is 0 Å². The van der Waals surface area contributed by atoms with Gasteiger partial charge in [0.05, 0.1) is 6.04 Å². The van der Waals surface area contributed by atoms with Crippen LogP contribution in [0.25, 0.3) is 10.8 Å². The van der Waals surface area contributed by atoms with Crippen molar-refractivity contribution in [3.8, 4) is 0 Å². The molecular weight excluding hydrogens is 653 g/mol. The molecule has 1 fully saturated rings. The summed E-state index contributed by atoms with van der Waals surface area (Å²) >= 11 is 0. The summed E-state index contributed by atoms with van der Waals surface area (Å²) in [6.07, 6.45) is -5.45. The van der Waals surface area contributed by atoms with Crippen LogP contribution in [0.1, 0.15) is 57.1 Å². The Morgan fingerprint density at radius 1 is 0.860 bits per heavy atom. The van der Waals surface area contributed by atoms with Gasteiger partial charge in [-0.2, -0.15) is 13.2 Å². The number of carbonyl (C=O) groups is 5. The number of alkyl halides is 3. The number of piperidine rings is 1. The number of nitrogens with one attached hydrogen (secondary N) is 4. The molecule has 10 nitrogen and oxygen atoms in total. The molecule has 1 aliphatic rings. The Kier molecular flexibility index (Phi) is 13.4. The van der Waals surface area contributed by atoms with Gasteiger partial charge in [0.1, 0.15) is 18.7 Å². The van der Waals surface area contributed by atoms with Crippen LogP contribution in [-0.2, 0) is 36.9 Å². The predicted octanol–water partition coefficient (Wildman–Crippen LogP) is 5.13. The van der Waals surface area contributed by atoms with E-state index in [0.717, 1.165) is 21.9 Å². The SMILES string of the molecule is CC(C)C[C@H](NC(=O)[C@H](Cc1cccc2ccccc12)NC(=O)OCc1ccccc1)C(=O)N[C@@H](CC[C@@H]1CCCNC1=O)C(=O)C(F)(F)F. The van der Waals surface area contributed by atoms with Crippen molar-refractivity contribution in [2.45, 2.75) is 83.3 Å². The van der Waals surface area contributed by atoms with Gasteiger partial charge in [-0.25, -0.2) is 4.79 Å². The molecule has 4 rings (SSSR count). The topological polar surface area (TPSA) is 143 Å². The maximum absolute atomic E-state index is 13.9. The number of fused-ring (bicyclic) bond motifs is 1. The van der Waals surface area contributed by atoms with E-state index < -0.39 is 60.3 Å². The van der Waals surface area contributed by atoms with Crippen LogP contribution in [0.3, 0.4) is 0 Å². The Labute approximate surface area is 288 Å². The summed E-state index contributed by atoms with van der Waals surface area (Å²) in [6, 6.07) is 17.4. The van der Waals surface area contributed by atoms with Crippen molar-refractivity contribution in [1.29, 1.82) is 0 Å². The van der Waals surface area contributed by atoms with Crippen molar-refractivity contribution in [1.82, 2.24) is 21.3 Å². The van der Waals surface area contributed by atoms with E-state index in [1.165, 1.54) is 0 Å². The van der Waals surface area contributed by atoms with Gasteiger partial charge in [-0.15, -0.1) is 0 Å². The largest absolute Gasteiger partial charge is 0.452 e. The van der Waals surface area contributed by atoms with Crippen molar-refractivity contribution in [2.75, 3.05) is 6.54 Å². The van der Waals surface area contributed by atoms with Gasteiger partial charge in [-0.3, -0.25) is 19.2 Å². The number of carbonyl (C=O) groups excluding carboxylic acids is 5. The number of hydrogen-bond donors (Lipinski definition) is 4. The van der Waals surface area contributed by atoms with Crippen molar-refractivity contribution in [2.24, 2.45) is 11.8 Å². The molecule has 0 unspecified atom stereocenters. The van der Waals surface area contributed by atoms with E-state index in [0.29, 0.717) is 19.4 Å². The molecule has 13 heteroatoms. The highest BCUT2D eigenvalue weighted by atomic mass is 19.4. The predicted molar refractivity (Wildman–Crippen MR) is 181 cm³/mol. The number of amides is 4. The summed E-state index contributed by atoms with van der Waals surface area (Å²) < 4.78 is 46.2. The molecule has 268 valence electrons. The zero-order chi connectivity index (χ0) is 36.3. The monoisotopic (exact) mass is 696 g/mol. The van der Waals surface area contributed by atoms with E-state index >= 15 is 0 Å². The zero-order valence-corrected chi connectivity index (χ0v) is 28.1. The summed E-state index contributed by atoms with van der Waals surface area (Å²) in [5, 5.41) is 11.8. The zero-order valence-electron chi connectivity index (χ0n) is 28.1. The first-order valence-corrected chi connectivity index (χ1v) is 16.7. The summed E-state index contributed by atoms with van der Waals surface area (Å²) in [5.74, 6) is -5.00. The van der Waals surface area contributed by atoms with Gasteiger partial charge >= 0.3 is 12.3 Å². The second-order valence-corrected chi connectivity index (χ2v) is 12.9. The minimum atomic E-state index is -5.24. The molecule has 0 spiro atoms. The normalized spacial score (nSPS) is 16.5. The molecule has 0 saturated carbocycles. The highest BCUT2D eigenvalue weighted by Crippen LogP contribution is 2.24. The Morgan fingerprint density at radius 2 is 1.52 bits per heavy atom. The molecule has 1 heterocycles. The summed E-state index contributed by atoms with van der Waals surface area (Å²) in [5.41, 5.74) is 1.44. The van der Waals surface area contributed by atoms with Gasteiger partial charge in [-0.05, 0) is 59.9 Å². The van der Waals surface area contributed by atoms with Crippen molar-refractivity contribution in [3.05, 3.63) is 83.9 Å². The average molecular weight is 697 g/mol. The summed E-state index contributed by atoms with van der Waals surface area (Å²) in [4.78, 5) is 65.1. The van der Waals surface area contributed by atoms with Gasteiger partial charge in [0.2, 0.25) is 17.7 Å². The van der Waals surface area contributed by atoms with E-state index in [4.69, 9.17) is 4.74 Å². The highest BCUT2D eigenvalue weighted by molar-refractivity contribution is 5.96. The first kappa shape index (κ1) is 37.9. The number of benzene rings is 3. The second kappa shape index (κ2) is 17.6. The van der Waals surface area contributed by atoms with E-state index in [2.05, 4.69) is 21.3 Å². The van der Waals surface area contributed by atoms with Crippen LogP contribution in [0, 0.1) is 11.8 Å². The van der Waals surface area contributed by atoms with Crippen LogP contribution in [0.15, 0.2) is 72.8 Å². The quantitative estimate of drug-likeness (QED) is 0.174. The Hall–Kier alpha value is -4.94. The number of Topliss-reactive ketones (excluding diaryl/α,β-unsaturated/α-hetero) is 1. The molecule has 50 heavy (non-hydrogen) atoms. The number of ether oxygens (including phenoxy) is 1. The lowest BCUT2D eigenvalue weighted by molar-refractivity contribution is -0.174. The van der Waals surface area contributed by atoms with Crippen molar-refractivity contribution < 1.29 is 41.9 Å². The van der Waals surface area contributed by atoms with E-state index in [9.17, 15) is 37.1 Å². The molecule has 1 saturated heterocycles. The third-order valence-corrected chi connectivity index (χ3v) is 8.58. The van der Waals surface area contributed by atoms with E-state index in [1.807, 2.05) is 42.5 Å². The van der Waals surface area contributed by atoms with Crippen LogP contribution in [0.4, 0.5) is 18.0 Å². The molecular formula is C37H43F3N4O6. The van der Waals surface area contributed by atoms with Crippen LogP contribution >= 0.6 is 0 Å². The average Bonchev–Trinajstić information content (AvgIpc) is 3.08. The Balaban J connectivity index is 1.54. The fraction of sp³-hybridized carbons (Fsp3) is 0.432. The van der Waals surface area contributed by atoms with Gasteiger partial charge < -0.3 is 26.0 Å². The van der Waals surface area contributed by atoms with Crippen LogP contribution in [-0.4, -0.2) is 60.4 Å². The minimum absolute atomic E-state index is 0.00226. The second-order valence-electron chi connectivity index (χ2n) is 12.9. The Morgan fingerprint density at radius 3 is 2.22 bits per heavy atom. The Bertz CT molecular complexity index is 1640. The number of halogens is 3. The molecule has 3 aromatic rings. The molecule has 4 amide bonds. The van der Waals surface area contributed by atoms with Crippen molar-refractivity contribution in [3.63, 3.8) is 0 Å². The number of ketones is 1. The molecule has 1 aliphatic heterocycles. The fourth-order valence-electron chi connectivity index (χ4n) is 6.00. The minimum Gasteiger partial charge on any atom is -0.445 e. The molecule has 3 aromatic carbocycles. The first-order valence-electron chi connectivity index (χ1n) is 16.7. The lowest BCUT2D eigenvalue weighted by atomic mass is 9.90. The van der Waals surface area contributed by atoms with Gasteiger partial charge in [0.25, 0.3) is 5.78 Å². The highest BCUT2D eigenvalue weighted by Gasteiger charge is 2.44. The number of alkyl carbamates (subject to hydrolysis) is 1. The van der Waals surface area contributed by atoms with Crippen LogP contribution in [0.5, 0.6) is 0 Å². The molecule has 0 radical (unpaired) electrons. The molecule has 0 aliphatic carbocycles. The molecule has 4 atom stereocenters. The van der Waals surface area contributed by atoms with Crippen molar-refractivity contribution >= 4 is 40.4 Å². The van der Waals surface area contributed by atoms with Gasteiger partial charge in [0, 0.05) is 18.9 Å². The lowest BCUT2D eigenvalue weighted by Crippen LogP contribution is -2.57. The molecule has 0 bridgehead atoms. The van der Waals surface area contributed by atoms with Gasteiger partial charge in [-0.1, -0.05) is 86.6 Å². The van der Waals surface area contributed by atoms with E-state index in [1.54, 1.807) is 44.2 Å². The maximum Gasteiger partial charge on any atom is 0.452 e. The fourth-order valence-corrected chi connectivity index (χ4v) is 6.00. The lowest BCUT2D eigenvalue weighted by Gasteiger charge is -2.28. The summed E-state index contributed by atoms with van der Waals surface area (Å²) in [7, 11) is 0. The first-order chi connectivity index (χ1) is 23.8. The summed E-state index contributed by atoms with van der Waals surface area (Å²) in [6.45, 7) is 3.93. The standard InChI is InChI=1S/C37H43F3N4O6/c1-23(2)20-30(34(47)42-29(32(45)37(38,39)40)18-17-26-15-9-19-41-33(26)46)43-35(48)31(44-36(49)50-22-24-10-4-3-5-11-24)21-27-14-8-13-25-12-6-7-16-28(25)27/h3-8,10-14,16,23,26,29-31H,9,15,17-22H2,1-2H3,(H,41,46)(H,42,47)(H,43,48)(H,44,49)/t26-,29-,30-,31-/m0/s1. The smallest absolute Gasteiger partial charge is 0.445 e. The van der Waals surface area contributed by atoms with E-state index in [-0.39, 0.29) is 37.7 Å². The maximum atomic E-state index is 13.9. The number of hydrogen-bond acceptors (Lipinski definition) is 6. The van der Waals surface area contributed by atoms with Gasteiger partial charge in [0.15, 0.2) is 0 Å².